The third-order valence-corrected chi connectivity index (χ3v) is 3.76. The summed E-state index contributed by atoms with van der Waals surface area (Å²) >= 11 is 0. The largest absolute Gasteiger partial charge is 0.337 e. The first kappa shape index (κ1) is 12.4. The standard InChI is InChI=1S/C14H21N5/c1-3-4-13-17-11-9-15-6-5-12(11)19(13)10-14-16-7-8-18(14)2/h7-8,15H,3-6,9-10H2,1-2H3. The number of nitrogens with one attached hydrogen (secondary N) is 1. The van der Waals surface area contributed by atoms with E-state index in [1.165, 1.54) is 17.2 Å². The average Bonchev–Trinajstić information content (AvgIpc) is 2.96. The van der Waals surface area contributed by atoms with Crippen LogP contribution < -0.4 is 5.32 Å². The quantitative estimate of drug-likeness (QED) is 0.899. The van der Waals surface area contributed by atoms with E-state index in [0.717, 1.165) is 44.7 Å². The van der Waals surface area contributed by atoms with Crippen LogP contribution in [0.5, 0.6) is 0 Å². The molecular weight excluding hydrogens is 238 g/mol. The molecular formula is C14H21N5. The number of hydrogen-bond donors (Lipinski definition) is 1. The van der Waals surface area contributed by atoms with Crippen molar-refractivity contribution >= 4 is 0 Å². The van der Waals surface area contributed by atoms with Crippen LogP contribution >= 0.6 is 0 Å². The Labute approximate surface area is 113 Å². The van der Waals surface area contributed by atoms with Crippen LogP contribution in [0, 0.1) is 0 Å². The van der Waals surface area contributed by atoms with E-state index >= 15 is 0 Å². The Morgan fingerprint density at radius 1 is 1.37 bits per heavy atom. The maximum Gasteiger partial charge on any atom is 0.128 e. The monoisotopic (exact) mass is 259 g/mol. The van der Waals surface area contributed by atoms with Gasteiger partial charge in [-0.1, -0.05) is 6.92 Å². The Hall–Kier alpha value is -1.62. The SMILES string of the molecule is CCCc1nc2c(n1Cc1nccn1C)CCNC2. The molecule has 1 aliphatic rings. The Bertz CT molecular complexity index is 566. The van der Waals surface area contributed by atoms with Gasteiger partial charge < -0.3 is 14.5 Å². The van der Waals surface area contributed by atoms with Gasteiger partial charge in [-0.05, 0) is 6.42 Å². The highest BCUT2D eigenvalue weighted by Gasteiger charge is 2.20. The van der Waals surface area contributed by atoms with Crippen molar-refractivity contribution in [2.45, 2.75) is 39.3 Å². The Morgan fingerprint density at radius 3 is 3.00 bits per heavy atom. The van der Waals surface area contributed by atoms with Gasteiger partial charge in [0, 0.05) is 51.1 Å². The molecule has 0 radical (unpaired) electrons. The zero-order chi connectivity index (χ0) is 13.2. The van der Waals surface area contributed by atoms with Crippen LogP contribution in [0.2, 0.25) is 0 Å². The summed E-state index contributed by atoms with van der Waals surface area (Å²) in [5.74, 6) is 2.30. The molecule has 1 N–H and O–H groups in total. The molecule has 0 amide bonds. The number of rotatable bonds is 4. The maximum atomic E-state index is 4.81. The van der Waals surface area contributed by atoms with E-state index in [9.17, 15) is 0 Å². The van der Waals surface area contributed by atoms with Gasteiger partial charge in [-0.3, -0.25) is 0 Å². The molecule has 0 unspecified atom stereocenters. The lowest BCUT2D eigenvalue weighted by Crippen LogP contribution is -2.25. The lowest BCUT2D eigenvalue weighted by molar-refractivity contribution is 0.584. The number of imidazole rings is 2. The van der Waals surface area contributed by atoms with Gasteiger partial charge in [0.1, 0.15) is 11.6 Å². The molecule has 0 bridgehead atoms. The summed E-state index contributed by atoms with van der Waals surface area (Å²) in [6, 6.07) is 0. The van der Waals surface area contributed by atoms with Crippen molar-refractivity contribution in [3.8, 4) is 0 Å². The molecule has 0 atom stereocenters. The minimum absolute atomic E-state index is 0.834. The number of aryl methyl sites for hydroxylation is 2. The highest BCUT2D eigenvalue weighted by atomic mass is 15.2. The molecule has 0 saturated carbocycles. The Balaban J connectivity index is 1.98. The summed E-state index contributed by atoms with van der Waals surface area (Å²) in [6.45, 7) is 4.99. The van der Waals surface area contributed by atoms with E-state index in [2.05, 4.69) is 26.4 Å². The molecule has 3 heterocycles. The van der Waals surface area contributed by atoms with Crippen molar-refractivity contribution in [2.24, 2.45) is 7.05 Å². The van der Waals surface area contributed by atoms with Gasteiger partial charge in [-0.2, -0.15) is 0 Å². The van der Waals surface area contributed by atoms with E-state index < -0.39 is 0 Å². The first-order valence-electron chi connectivity index (χ1n) is 7.03. The van der Waals surface area contributed by atoms with Crippen LogP contribution in [0.1, 0.15) is 36.4 Å². The van der Waals surface area contributed by atoms with E-state index in [0.29, 0.717) is 0 Å². The molecule has 0 saturated heterocycles. The molecule has 102 valence electrons. The zero-order valence-corrected chi connectivity index (χ0v) is 11.7. The number of fused-ring (bicyclic) bond motifs is 1. The summed E-state index contributed by atoms with van der Waals surface area (Å²) in [7, 11) is 2.05. The molecule has 19 heavy (non-hydrogen) atoms. The fourth-order valence-electron chi connectivity index (χ4n) is 2.72. The predicted octanol–water partition coefficient (Wildman–Crippen LogP) is 1.26. The number of nitrogens with zero attached hydrogens (tertiary/aromatic N) is 4. The van der Waals surface area contributed by atoms with Crippen molar-refractivity contribution < 1.29 is 0 Å². The normalized spacial score (nSPS) is 14.6. The fraction of sp³-hybridized carbons (Fsp3) is 0.571. The van der Waals surface area contributed by atoms with Crippen LogP contribution in [0.25, 0.3) is 0 Å². The highest BCUT2D eigenvalue weighted by Crippen LogP contribution is 2.18. The third-order valence-electron chi connectivity index (χ3n) is 3.76. The van der Waals surface area contributed by atoms with Gasteiger partial charge in [0.15, 0.2) is 0 Å². The average molecular weight is 259 g/mol. The highest BCUT2D eigenvalue weighted by molar-refractivity contribution is 5.21. The van der Waals surface area contributed by atoms with Gasteiger partial charge in [-0.25, -0.2) is 9.97 Å². The van der Waals surface area contributed by atoms with E-state index in [4.69, 9.17) is 4.98 Å². The van der Waals surface area contributed by atoms with Crippen LogP contribution in [0.15, 0.2) is 12.4 Å². The van der Waals surface area contributed by atoms with Crippen molar-refractivity contribution in [1.82, 2.24) is 24.4 Å². The van der Waals surface area contributed by atoms with Crippen LogP contribution in [0.4, 0.5) is 0 Å². The van der Waals surface area contributed by atoms with Gasteiger partial charge in [0.25, 0.3) is 0 Å². The lowest BCUT2D eigenvalue weighted by Gasteiger charge is -2.16. The molecule has 3 rings (SSSR count). The second kappa shape index (κ2) is 5.17. The maximum absolute atomic E-state index is 4.81. The molecule has 0 fully saturated rings. The second-order valence-corrected chi connectivity index (χ2v) is 5.14. The molecule has 0 aliphatic carbocycles. The minimum Gasteiger partial charge on any atom is -0.337 e. The lowest BCUT2D eigenvalue weighted by atomic mass is 10.2. The summed E-state index contributed by atoms with van der Waals surface area (Å²) < 4.78 is 4.46. The van der Waals surface area contributed by atoms with Crippen LogP contribution in [0.3, 0.4) is 0 Å². The van der Waals surface area contributed by atoms with Gasteiger partial charge in [0.2, 0.25) is 0 Å². The van der Waals surface area contributed by atoms with E-state index in [1.807, 2.05) is 19.4 Å². The van der Waals surface area contributed by atoms with Crippen molar-refractivity contribution in [3.05, 3.63) is 35.4 Å². The summed E-state index contributed by atoms with van der Waals surface area (Å²) in [4.78, 5) is 9.25. The Morgan fingerprint density at radius 2 is 2.26 bits per heavy atom. The molecule has 0 aromatic carbocycles. The summed E-state index contributed by atoms with van der Waals surface area (Å²) in [5.41, 5.74) is 2.62. The van der Waals surface area contributed by atoms with Gasteiger partial charge in [0.05, 0.1) is 12.2 Å². The molecule has 1 aliphatic heterocycles. The number of hydrogen-bond acceptors (Lipinski definition) is 3. The van der Waals surface area contributed by atoms with Crippen molar-refractivity contribution in [3.63, 3.8) is 0 Å². The smallest absolute Gasteiger partial charge is 0.128 e. The first-order chi connectivity index (χ1) is 9.29. The Kier molecular flexibility index (Phi) is 3.38. The predicted molar refractivity (Wildman–Crippen MR) is 73.9 cm³/mol. The van der Waals surface area contributed by atoms with Crippen molar-refractivity contribution in [2.75, 3.05) is 6.54 Å². The van der Waals surface area contributed by atoms with E-state index in [1.54, 1.807) is 0 Å². The minimum atomic E-state index is 0.834. The van der Waals surface area contributed by atoms with Gasteiger partial charge >= 0.3 is 0 Å². The topological polar surface area (TPSA) is 47.7 Å². The molecule has 5 nitrogen and oxygen atoms in total. The second-order valence-electron chi connectivity index (χ2n) is 5.14. The van der Waals surface area contributed by atoms with Crippen LogP contribution in [-0.4, -0.2) is 25.6 Å². The molecule has 5 heteroatoms. The molecule has 2 aromatic heterocycles. The fourth-order valence-corrected chi connectivity index (χ4v) is 2.72. The molecule has 2 aromatic rings. The summed E-state index contributed by atoms with van der Waals surface area (Å²) in [6.07, 6.45) is 7.09. The van der Waals surface area contributed by atoms with Crippen LogP contribution in [-0.2, 0) is 33.0 Å². The van der Waals surface area contributed by atoms with Crippen molar-refractivity contribution in [1.29, 1.82) is 0 Å². The first-order valence-corrected chi connectivity index (χ1v) is 7.03. The molecule has 0 spiro atoms. The number of aromatic nitrogens is 4. The zero-order valence-electron chi connectivity index (χ0n) is 11.7. The third kappa shape index (κ3) is 2.30. The van der Waals surface area contributed by atoms with Gasteiger partial charge in [-0.15, -0.1) is 0 Å². The van der Waals surface area contributed by atoms with E-state index in [-0.39, 0.29) is 0 Å². The summed E-state index contributed by atoms with van der Waals surface area (Å²) in [5, 5.41) is 3.40.